The molecule has 1 aliphatic rings. The number of hydrogen-bond acceptors (Lipinski definition) is 2. The number of carbonyl (C=O) groups excluding carboxylic acids is 1. The molecule has 5 nitrogen and oxygen atoms in total. The Balaban J connectivity index is 1.92. The fraction of sp³-hybridized carbons (Fsp3) is 0.583. The molecule has 1 aromatic rings. The van der Waals surface area contributed by atoms with Crippen molar-refractivity contribution in [1.82, 2.24) is 15.2 Å². The number of nitrogens with two attached hydrogens (primary N) is 1. The summed E-state index contributed by atoms with van der Waals surface area (Å²) in [5.74, 6) is 0. The number of urea groups is 1. The van der Waals surface area contributed by atoms with Gasteiger partial charge in [0.1, 0.15) is 0 Å². The summed E-state index contributed by atoms with van der Waals surface area (Å²) >= 11 is 0. The molecule has 0 aliphatic carbocycles. The maximum atomic E-state index is 11.8. The van der Waals surface area contributed by atoms with Crippen molar-refractivity contribution in [3.63, 3.8) is 0 Å². The molecule has 94 valence electrons. The molecule has 1 unspecified atom stereocenters. The first kappa shape index (κ1) is 12.0. The van der Waals surface area contributed by atoms with E-state index in [9.17, 15) is 4.79 Å². The minimum Gasteiger partial charge on any atom is -0.367 e. The lowest BCUT2D eigenvalue weighted by Gasteiger charge is -2.22. The van der Waals surface area contributed by atoms with Gasteiger partial charge in [0.2, 0.25) is 0 Å². The summed E-state index contributed by atoms with van der Waals surface area (Å²) in [6, 6.07) is 2.08. The smallest absolute Gasteiger partial charge is 0.318 e. The van der Waals surface area contributed by atoms with E-state index in [0.717, 1.165) is 12.0 Å². The van der Waals surface area contributed by atoms with E-state index in [2.05, 4.69) is 10.3 Å². The van der Waals surface area contributed by atoms with E-state index >= 15 is 0 Å². The highest BCUT2D eigenvalue weighted by molar-refractivity contribution is 5.77. The van der Waals surface area contributed by atoms with E-state index in [4.69, 9.17) is 5.73 Å². The summed E-state index contributed by atoms with van der Waals surface area (Å²) in [5, 5.41) is 2.97. The molecule has 0 radical (unpaired) electrons. The Morgan fingerprint density at radius 3 is 2.94 bits per heavy atom. The Hall–Kier alpha value is -1.49. The van der Waals surface area contributed by atoms with Crippen molar-refractivity contribution in [3.05, 3.63) is 24.0 Å². The van der Waals surface area contributed by atoms with Crippen molar-refractivity contribution < 1.29 is 4.79 Å². The first-order valence-electron chi connectivity index (χ1n) is 5.93. The van der Waals surface area contributed by atoms with Crippen LogP contribution in [0.5, 0.6) is 0 Å². The van der Waals surface area contributed by atoms with Crippen LogP contribution < -0.4 is 11.1 Å². The van der Waals surface area contributed by atoms with Crippen molar-refractivity contribution in [3.8, 4) is 0 Å². The van der Waals surface area contributed by atoms with Crippen LogP contribution in [-0.2, 0) is 0 Å². The van der Waals surface area contributed by atoms with Crippen molar-refractivity contribution in [1.29, 1.82) is 0 Å². The molecule has 0 saturated carbocycles. The highest BCUT2D eigenvalue weighted by Gasteiger charge is 2.30. The lowest BCUT2D eigenvalue weighted by molar-refractivity contribution is 0.213. The van der Waals surface area contributed by atoms with Crippen LogP contribution in [0.4, 0.5) is 4.79 Å². The number of amides is 2. The van der Waals surface area contributed by atoms with E-state index in [1.54, 1.807) is 0 Å². The van der Waals surface area contributed by atoms with E-state index in [-0.39, 0.29) is 17.6 Å². The molecule has 0 spiro atoms. The van der Waals surface area contributed by atoms with Crippen LogP contribution >= 0.6 is 0 Å². The molecule has 2 rings (SSSR count). The maximum Gasteiger partial charge on any atom is 0.318 e. The number of H-pyrrole nitrogens is 1. The first-order chi connectivity index (χ1) is 7.96. The average molecular weight is 236 g/mol. The summed E-state index contributed by atoms with van der Waals surface area (Å²) in [7, 11) is 0. The van der Waals surface area contributed by atoms with Gasteiger partial charge in [0.25, 0.3) is 0 Å². The van der Waals surface area contributed by atoms with Crippen molar-refractivity contribution >= 4 is 6.03 Å². The largest absolute Gasteiger partial charge is 0.367 e. The Morgan fingerprint density at radius 2 is 2.35 bits per heavy atom. The Kier molecular flexibility index (Phi) is 3.11. The van der Waals surface area contributed by atoms with Crippen LogP contribution in [0.1, 0.15) is 31.9 Å². The predicted octanol–water partition coefficient (Wildman–Crippen LogP) is 1.21. The topological polar surface area (TPSA) is 74.2 Å². The summed E-state index contributed by atoms with van der Waals surface area (Å²) in [6.45, 7) is 5.37. The molecule has 1 atom stereocenters. The highest BCUT2D eigenvalue weighted by Crippen LogP contribution is 2.20. The number of aromatic amines is 1. The number of hydrogen-bond donors (Lipinski definition) is 3. The van der Waals surface area contributed by atoms with Crippen LogP contribution in [-0.4, -0.2) is 34.5 Å². The van der Waals surface area contributed by atoms with Crippen LogP contribution in [0, 0.1) is 0 Å². The van der Waals surface area contributed by atoms with Gasteiger partial charge < -0.3 is 20.9 Å². The third-order valence-electron chi connectivity index (χ3n) is 3.04. The number of nitrogens with zero attached hydrogens (tertiary/aromatic N) is 1. The number of carbonyl (C=O) groups is 1. The van der Waals surface area contributed by atoms with Gasteiger partial charge in [-0.15, -0.1) is 0 Å². The number of nitrogens with one attached hydrogen (secondary N) is 2. The predicted molar refractivity (Wildman–Crippen MR) is 66.5 cm³/mol. The number of aromatic nitrogens is 1. The van der Waals surface area contributed by atoms with E-state index < -0.39 is 0 Å². The summed E-state index contributed by atoms with van der Waals surface area (Å²) in [5.41, 5.74) is 6.81. The third-order valence-corrected chi connectivity index (χ3v) is 3.04. The van der Waals surface area contributed by atoms with Crippen LogP contribution in [0.3, 0.4) is 0 Å². The van der Waals surface area contributed by atoms with Gasteiger partial charge in [-0.1, -0.05) is 0 Å². The molecule has 2 heterocycles. The molecule has 4 N–H and O–H groups in total. The van der Waals surface area contributed by atoms with Crippen LogP contribution in [0.2, 0.25) is 0 Å². The summed E-state index contributed by atoms with van der Waals surface area (Å²) in [6.07, 6.45) is 4.59. The second-order valence-corrected chi connectivity index (χ2v) is 5.33. The van der Waals surface area contributed by atoms with E-state index in [1.807, 2.05) is 37.2 Å². The molecule has 1 aliphatic heterocycles. The second kappa shape index (κ2) is 4.41. The molecule has 0 aromatic carbocycles. The first-order valence-corrected chi connectivity index (χ1v) is 5.93. The monoisotopic (exact) mass is 236 g/mol. The minimum atomic E-state index is -0.230. The molecule has 2 amide bonds. The van der Waals surface area contributed by atoms with Gasteiger partial charge in [-0.2, -0.15) is 0 Å². The molecule has 17 heavy (non-hydrogen) atoms. The zero-order valence-electron chi connectivity index (χ0n) is 10.4. The summed E-state index contributed by atoms with van der Waals surface area (Å²) < 4.78 is 0. The lowest BCUT2D eigenvalue weighted by Crippen LogP contribution is -2.38. The number of rotatable bonds is 4. The van der Waals surface area contributed by atoms with Gasteiger partial charge in [-0.05, 0) is 31.9 Å². The van der Waals surface area contributed by atoms with Gasteiger partial charge >= 0.3 is 6.03 Å². The van der Waals surface area contributed by atoms with Gasteiger partial charge in [0, 0.05) is 31.0 Å². The van der Waals surface area contributed by atoms with Crippen LogP contribution in [0.25, 0.3) is 0 Å². The standard InChI is InChI=1S/C12H20N4O/c1-12(2,13)4-6-16-8-10(15-11(16)17)9-3-5-14-7-9/h3,5,7,10,14H,4,6,8,13H2,1-2H3,(H,15,17). The van der Waals surface area contributed by atoms with Crippen molar-refractivity contribution in [2.24, 2.45) is 5.73 Å². The third kappa shape index (κ3) is 3.00. The molecule has 0 bridgehead atoms. The molecule has 1 saturated heterocycles. The zero-order valence-corrected chi connectivity index (χ0v) is 10.4. The lowest BCUT2D eigenvalue weighted by atomic mass is 10.0. The second-order valence-electron chi connectivity index (χ2n) is 5.33. The molecular weight excluding hydrogens is 216 g/mol. The Bertz CT molecular complexity index is 380. The normalized spacial score (nSPS) is 20.8. The average Bonchev–Trinajstić information content (AvgIpc) is 2.82. The molecular formula is C12H20N4O. The quantitative estimate of drug-likeness (QED) is 0.735. The molecule has 5 heteroatoms. The van der Waals surface area contributed by atoms with Crippen LogP contribution in [0.15, 0.2) is 18.5 Å². The maximum absolute atomic E-state index is 11.8. The SMILES string of the molecule is CC(C)(N)CCN1CC(c2cc[nH]c2)NC1=O. The Labute approximate surface area is 101 Å². The zero-order chi connectivity index (χ0) is 12.5. The fourth-order valence-corrected chi connectivity index (χ4v) is 1.95. The molecule has 1 fully saturated rings. The van der Waals surface area contributed by atoms with Crippen molar-refractivity contribution in [2.45, 2.75) is 31.8 Å². The van der Waals surface area contributed by atoms with Crippen molar-refractivity contribution in [2.75, 3.05) is 13.1 Å². The van der Waals surface area contributed by atoms with Gasteiger partial charge in [0.05, 0.1) is 6.04 Å². The van der Waals surface area contributed by atoms with E-state index in [0.29, 0.717) is 13.1 Å². The van der Waals surface area contributed by atoms with Gasteiger partial charge in [0.15, 0.2) is 0 Å². The summed E-state index contributed by atoms with van der Waals surface area (Å²) in [4.78, 5) is 16.6. The van der Waals surface area contributed by atoms with Gasteiger partial charge in [-0.3, -0.25) is 0 Å². The van der Waals surface area contributed by atoms with Gasteiger partial charge in [-0.25, -0.2) is 4.79 Å². The highest BCUT2D eigenvalue weighted by atomic mass is 16.2. The Morgan fingerprint density at radius 1 is 1.59 bits per heavy atom. The molecule has 1 aromatic heterocycles. The minimum absolute atomic E-state index is 0.000417. The van der Waals surface area contributed by atoms with E-state index in [1.165, 1.54) is 0 Å². The fourth-order valence-electron chi connectivity index (χ4n) is 1.95.